The fourth-order valence-corrected chi connectivity index (χ4v) is 1.75. The number of aryl methyl sites for hydroxylation is 1. The van der Waals surface area contributed by atoms with Gasteiger partial charge >= 0.3 is 5.97 Å². The van der Waals surface area contributed by atoms with Gasteiger partial charge in [-0.05, 0) is 18.6 Å². The minimum Gasteiger partial charge on any atom is -0.478 e. The maximum absolute atomic E-state index is 10.7. The van der Waals surface area contributed by atoms with Crippen LogP contribution in [-0.2, 0) is 13.0 Å². The molecule has 0 atom stereocenters. The normalized spacial score (nSPS) is 10.5. The lowest BCUT2D eigenvalue weighted by molar-refractivity contribution is 0.0696. The molecule has 2 aromatic heterocycles. The van der Waals surface area contributed by atoms with E-state index in [4.69, 9.17) is 5.11 Å². The van der Waals surface area contributed by atoms with E-state index in [0.717, 1.165) is 24.4 Å². The predicted molar refractivity (Wildman–Crippen MR) is 66.5 cm³/mol. The van der Waals surface area contributed by atoms with Gasteiger partial charge in [-0.15, -0.1) is 0 Å². The van der Waals surface area contributed by atoms with Crippen molar-refractivity contribution in [1.29, 1.82) is 0 Å². The molecule has 0 aliphatic carbocycles. The van der Waals surface area contributed by atoms with Crippen molar-refractivity contribution in [3.05, 3.63) is 47.8 Å². The molecule has 5 nitrogen and oxygen atoms in total. The highest BCUT2D eigenvalue weighted by Crippen LogP contribution is 2.06. The van der Waals surface area contributed by atoms with Gasteiger partial charge in [0.15, 0.2) is 0 Å². The Balaban J connectivity index is 2.13. The van der Waals surface area contributed by atoms with Crippen LogP contribution in [0.1, 0.15) is 35.2 Å². The van der Waals surface area contributed by atoms with Gasteiger partial charge in [-0.25, -0.2) is 9.78 Å². The zero-order valence-corrected chi connectivity index (χ0v) is 10.2. The summed E-state index contributed by atoms with van der Waals surface area (Å²) in [5.74, 6) is 0.0740. The van der Waals surface area contributed by atoms with E-state index in [1.807, 2.05) is 10.8 Å². The maximum atomic E-state index is 10.7. The lowest BCUT2D eigenvalue weighted by atomic mass is 10.2. The van der Waals surface area contributed by atoms with E-state index < -0.39 is 5.97 Å². The van der Waals surface area contributed by atoms with Crippen molar-refractivity contribution in [2.45, 2.75) is 26.3 Å². The summed E-state index contributed by atoms with van der Waals surface area (Å²) in [6, 6.07) is 3.31. The van der Waals surface area contributed by atoms with Crippen molar-refractivity contribution in [2.24, 2.45) is 0 Å². The van der Waals surface area contributed by atoms with Gasteiger partial charge in [-0.2, -0.15) is 0 Å². The Hall–Kier alpha value is -2.17. The molecule has 2 rings (SSSR count). The highest BCUT2D eigenvalue weighted by molar-refractivity contribution is 5.87. The fraction of sp³-hybridized carbons (Fsp3) is 0.308. The molecule has 94 valence electrons. The van der Waals surface area contributed by atoms with Gasteiger partial charge < -0.3 is 9.67 Å². The lowest BCUT2D eigenvalue weighted by Gasteiger charge is -2.06. The Labute approximate surface area is 105 Å². The number of nitrogens with zero attached hydrogens (tertiary/aromatic N) is 3. The number of hydrogen-bond acceptors (Lipinski definition) is 3. The molecule has 0 unspecified atom stereocenters. The van der Waals surface area contributed by atoms with Crippen LogP contribution in [0.4, 0.5) is 0 Å². The van der Waals surface area contributed by atoms with Gasteiger partial charge in [0.25, 0.3) is 0 Å². The minimum absolute atomic E-state index is 0.207. The van der Waals surface area contributed by atoms with Gasteiger partial charge in [0, 0.05) is 25.0 Å². The molecule has 0 amide bonds. The van der Waals surface area contributed by atoms with Crippen LogP contribution >= 0.6 is 0 Å². The van der Waals surface area contributed by atoms with Gasteiger partial charge in [-0.1, -0.05) is 6.92 Å². The third-order valence-corrected chi connectivity index (χ3v) is 2.68. The second kappa shape index (κ2) is 5.44. The Kier molecular flexibility index (Phi) is 3.72. The predicted octanol–water partition coefficient (Wildman–Crippen LogP) is 1.98. The first-order valence-corrected chi connectivity index (χ1v) is 5.89. The summed E-state index contributed by atoms with van der Waals surface area (Å²) in [7, 11) is 0. The van der Waals surface area contributed by atoms with E-state index in [2.05, 4.69) is 16.9 Å². The van der Waals surface area contributed by atoms with Gasteiger partial charge in [0.1, 0.15) is 5.82 Å². The molecule has 0 aromatic carbocycles. The number of pyridine rings is 1. The molecule has 0 fully saturated rings. The summed E-state index contributed by atoms with van der Waals surface area (Å²) in [6.07, 6.45) is 7.05. The van der Waals surface area contributed by atoms with E-state index in [1.54, 1.807) is 18.3 Å². The second-order valence-corrected chi connectivity index (χ2v) is 4.06. The maximum Gasteiger partial charge on any atom is 0.337 e. The number of rotatable bonds is 5. The highest BCUT2D eigenvalue weighted by atomic mass is 16.4. The largest absolute Gasteiger partial charge is 0.478 e. The van der Waals surface area contributed by atoms with Crippen LogP contribution in [0, 0.1) is 0 Å². The van der Waals surface area contributed by atoms with Crippen LogP contribution in [0.25, 0.3) is 0 Å². The molecule has 18 heavy (non-hydrogen) atoms. The molecular formula is C13H15N3O2. The van der Waals surface area contributed by atoms with Crippen molar-refractivity contribution >= 4 is 5.97 Å². The Morgan fingerprint density at radius 1 is 1.39 bits per heavy atom. The zero-order valence-electron chi connectivity index (χ0n) is 10.2. The highest BCUT2D eigenvalue weighted by Gasteiger charge is 2.05. The van der Waals surface area contributed by atoms with Crippen LogP contribution in [0.3, 0.4) is 0 Å². The summed E-state index contributed by atoms with van der Waals surface area (Å²) in [4.78, 5) is 19.1. The Morgan fingerprint density at radius 3 is 2.83 bits per heavy atom. The number of hydrogen-bond donors (Lipinski definition) is 1. The zero-order chi connectivity index (χ0) is 13.0. The third kappa shape index (κ3) is 2.74. The molecule has 0 radical (unpaired) electrons. The van der Waals surface area contributed by atoms with Crippen LogP contribution in [-0.4, -0.2) is 25.6 Å². The number of imidazole rings is 1. The second-order valence-electron chi connectivity index (χ2n) is 4.06. The third-order valence-electron chi connectivity index (χ3n) is 2.68. The number of carboxylic acid groups (broad SMARTS) is 1. The van der Waals surface area contributed by atoms with Crippen molar-refractivity contribution in [2.75, 3.05) is 0 Å². The van der Waals surface area contributed by atoms with Gasteiger partial charge in [0.05, 0.1) is 17.8 Å². The monoisotopic (exact) mass is 245 g/mol. The first kappa shape index (κ1) is 12.3. The summed E-state index contributed by atoms with van der Waals surface area (Å²) < 4.78 is 2.03. The fourth-order valence-electron chi connectivity index (χ4n) is 1.75. The van der Waals surface area contributed by atoms with Crippen molar-refractivity contribution in [3.8, 4) is 0 Å². The van der Waals surface area contributed by atoms with Gasteiger partial charge in [-0.3, -0.25) is 4.98 Å². The number of aromatic carboxylic acids is 1. The molecule has 0 spiro atoms. The van der Waals surface area contributed by atoms with E-state index in [1.165, 1.54) is 6.20 Å². The van der Waals surface area contributed by atoms with Crippen LogP contribution in [0.2, 0.25) is 0 Å². The molecule has 1 N–H and O–H groups in total. The quantitative estimate of drug-likeness (QED) is 0.874. The average molecular weight is 245 g/mol. The summed E-state index contributed by atoms with van der Waals surface area (Å²) in [5.41, 5.74) is 1.04. The number of aromatic nitrogens is 3. The van der Waals surface area contributed by atoms with Crippen LogP contribution in [0.15, 0.2) is 30.7 Å². The molecule has 0 saturated carbocycles. The lowest BCUT2D eigenvalue weighted by Crippen LogP contribution is -2.06. The van der Waals surface area contributed by atoms with E-state index in [-0.39, 0.29) is 5.56 Å². The van der Waals surface area contributed by atoms with Crippen molar-refractivity contribution in [1.82, 2.24) is 14.5 Å². The van der Waals surface area contributed by atoms with Crippen molar-refractivity contribution < 1.29 is 9.90 Å². The Bertz CT molecular complexity index is 531. The molecular weight excluding hydrogens is 230 g/mol. The number of carboxylic acids is 1. The SMILES string of the molecule is CCCc1nccn1Cc1ccc(C(=O)O)cn1. The summed E-state index contributed by atoms with van der Waals surface area (Å²) in [5, 5.41) is 8.79. The standard InChI is InChI=1S/C13H15N3O2/c1-2-3-12-14-6-7-16(12)9-11-5-4-10(8-15-11)13(17)18/h4-8H,2-3,9H2,1H3,(H,17,18). The topological polar surface area (TPSA) is 68.0 Å². The van der Waals surface area contributed by atoms with E-state index >= 15 is 0 Å². The van der Waals surface area contributed by atoms with Gasteiger partial charge in [0.2, 0.25) is 0 Å². The number of carbonyl (C=O) groups is 1. The van der Waals surface area contributed by atoms with E-state index in [9.17, 15) is 4.79 Å². The summed E-state index contributed by atoms with van der Waals surface area (Å²) >= 11 is 0. The smallest absolute Gasteiger partial charge is 0.337 e. The Morgan fingerprint density at radius 2 is 2.22 bits per heavy atom. The average Bonchev–Trinajstić information content (AvgIpc) is 2.78. The van der Waals surface area contributed by atoms with Crippen molar-refractivity contribution in [3.63, 3.8) is 0 Å². The molecule has 5 heteroatoms. The first-order valence-electron chi connectivity index (χ1n) is 5.89. The summed E-state index contributed by atoms with van der Waals surface area (Å²) in [6.45, 7) is 2.73. The molecule has 2 heterocycles. The minimum atomic E-state index is -0.955. The van der Waals surface area contributed by atoms with E-state index in [0.29, 0.717) is 6.54 Å². The van der Waals surface area contributed by atoms with Crippen LogP contribution < -0.4 is 0 Å². The molecule has 0 bridgehead atoms. The molecule has 0 aliphatic heterocycles. The molecule has 0 saturated heterocycles. The first-order chi connectivity index (χ1) is 8.70. The molecule has 0 aliphatic rings. The molecule has 2 aromatic rings. The van der Waals surface area contributed by atoms with Crippen LogP contribution in [0.5, 0.6) is 0 Å².